The van der Waals surface area contributed by atoms with E-state index in [1.165, 1.54) is 0 Å². The maximum atomic E-state index is 12.8. The van der Waals surface area contributed by atoms with Gasteiger partial charge in [0, 0.05) is 54.9 Å². The smallest absolute Gasteiger partial charge is 0.199 e. The van der Waals surface area contributed by atoms with E-state index in [9.17, 15) is 4.79 Å². The monoisotopic (exact) mass is 449 g/mol. The first-order valence-electron chi connectivity index (χ1n) is 11.5. The molecule has 1 aliphatic heterocycles. The highest BCUT2D eigenvalue weighted by Crippen LogP contribution is 2.38. The summed E-state index contributed by atoms with van der Waals surface area (Å²) in [6.07, 6.45) is 6.15. The summed E-state index contributed by atoms with van der Waals surface area (Å²) in [5.74, 6) is 1.39. The second-order valence-corrected chi connectivity index (χ2v) is 8.76. The number of methoxy groups -OCH3 is 1. The summed E-state index contributed by atoms with van der Waals surface area (Å²) in [5, 5.41) is 0. The first-order valence-corrected chi connectivity index (χ1v) is 11.5. The molecule has 0 aliphatic carbocycles. The lowest BCUT2D eigenvalue weighted by molar-refractivity contribution is -0.106. The average Bonchev–Trinajstić information content (AvgIpc) is 2.82. The molecule has 1 heterocycles. The fraction of sp³-hybridized carbons (Fsp3) is 0.393. The van der Waals surface area contributed by atoms with E-state index in [1.54, 1.807) is 19.3 Å². The van der Waals surface area contributed by atoms with Gasteiger partial charge in [0.2, 0.25) is 0 Å². The molecule has 5 heteroatoms. The number of allylic oxidation sites excluding steroid dienone is 2. The highest BCUT2D eigenvalue weighted by atomic mass is 16.7. The largest absolute Gasteiger partial charge is 0.496 e. The fourth-order valence-electron chi connectivity index (χ4n) is 3.75. The second kappa shape index (κ2) is 11.2. The SMILES string of the molecule is C=C(C)C(C)c1cc(/C=C/C(=O)c2cccc(N(C)C)c2)c(OC)cc1OC1CCCCO1. The van der Waals surface area contributed by atoms with Crippen LogP contribution in [0.1, 0.15) is 60.5 Å². The van der Waals surface area contributed by atoms with Gasteiger partial charge in [-0.3, -0.25) is 4.79 Å². The van der Waals surface area contributed by atoms with Crippen molar-refractivity contribution in [1.82, 2.24) is 0 Å². The average molecular weight is 450 g/mol. The summed E-state index contributed by atoms with van der Waals surface area (Å²) >= 11 is 0. The molecule has 2 aromatic rings. The number of carbonyl (C=O) groups is 1. The van der Waals surface area contributed by atoms with Crippen LogP contribution in [-0.2, 0) is 4.74 Å². The summed E-state index contributed by atoms with van der Waals surface area (Å²) in [6.45, 7) is 8.95. The summed E-state index contributed by atoms with van der Waals surface area (Å²) < 4.78 is 17.7. The zero-order valence-electron chi connectivity index (χ0n) is 20.4. The van der Waals surface area contributed by atoms with Crippen molar-refractivity contribution in [3.63, 3.8) is 0 Å². The van der Waals surface area contributed by atoms with E-state index in [0.29, 0.717) is 17.9 Å². The number of ketones is 1. The van der Waals surface area contributed by atoms with E-state index in [-0.39, 0.29) is 18.0 Å². The third-order valence-corrected chi connectivity index (χ3v) is 6.03. The quantitative estimate of drug-likeness (QED) is 0.258. The Hall–Kier alpha value is -3.05. The van der Waals surface area contributed by atoms with Gasteiger partial charge in [-0.25, -0.2) is 0 Å². The fourth-order valence-corrected chi connectivity index (χ4v) is 3.75. The zero-order chi connectivity index (χ0) is 24.0. The Labute approximate surface area is 197 Å². The van der Waals surface area contributed by atoms with Crippen LogP contribution in [0.5, 0.6) is 11.5 Å². The lowest BCUT2D eigenvalue weighted by Crippen LogP contribution is -2.25. The summed E-state index contributed by atoms with van der Waals surface area (Å²) in [5.41, 5.74) is 4.46. The number of carbonyl (C=O) groups excluding carboxylic acids is 1. The lowest BCUT2D eigenvalue weighted by atomic mass is 9.92. The van der Waals surface area contributed by atoms with E-state index in [0.717, 1.165) is 47.4 Å². The van der Waals surface area contributed by atoms with Crippen molar-refractivity contribution in [1.29, 1.82) is 0 Å². The highest BCUT2D eigenvalue weighted by Gasteiger charge is 2.21. The van der Waals surface area contributed by atoms with Crippen LogP contribution in [0.4, 0.5) is 5.69 Å². The molecule has 0 aromatic heterocycles. The van der Waals surface area contributed by atoms with Crippen LogP contribution in [0, 0.1) is 0 Å². The molecular formula is C28H35NO4. The third-order valence-electron chi connectivity index (χ3n) is 6.03. The van der Waals surface area contributed by atoms with Gasteiger partial charge in [0.05, 0.1) is 13.7 Å². The van der Waals surface area contributed by atoms with Crippen LogP contribution in [0.15, 0.2) is 54.6 Å². The van der Waals surface area contributed by atoms with Gasteiger partial charge in [-0.1, -0.05) is 31.2 Å². The van der Waals surface area contributed by atoms with Crippen molar-refractivity contribution in [2.24, 2.45) is 0 Å². The van der Waals surface area contributed by atoms with Crippen molar-refractivity contribution in [3.05, 3.63) is 71.3 Å². The molecule has 2 unspecified atom stereocenters. The Morgan fingerprint density at radius 2 is 2.00 bits per heavy atom. The Morgan fingerprint density at radius 1 is 1.21 bits per heavy atom. The normalized spacial score (nSPS) is 16.9. The van der Waals surface area contributed by atoms with Crippen LogP contribution in [0.3, 0.4) is 0 Å². The topological polar surface area (TPSA) is 48.0 Å². The lowest BCUT2D eigenvalue weighted by Gasteiger charge is -2.26. The first kappa shape index (κ1) is 24.6. The van der Waals surface area contributed by atoms with Crippen molar-refractivity contribution in [2.45, 2.75) is 45.3 Å². The second-order valence-electron chi connectivity index (χ2n) is 8.76. The number of ether oxygens (including phenoxy) is 3. The number of nitrogens with zero attached hydrogens (tertiary/aromatic N) is 1. The van der Waals surface area contributed by atoms with E-state index in [1.807, 2.05) is 62.3 Å². The highest BCUT2D eigenvalue weighted by molar-refractivity contribution is 6.07. The van der Waals surface area contributed by atoms with Crippen molar-refractivity contribution in [3.8, 4) is 11.5 Å². The van der Waals surface area contributed by atoms with E-state index < -0.39 is 0 Å². The van der Waals surface area contributed by atoms with Crippen molar-refractivity contribution < 1.29 is 19.0 Å². The van der Waals surface area contributed by atoms with Gasteiger partial charge in [-0.2, -0.15) is 0 Å². The number of hydrogen-bond acceptors (Lipinski definition) is 5. The molecule has 0 saturated carbocycles. The molecule has 1 aliphatic rings. The Kier molecular flexibility index (Phi) is 8.34. The van der Waals surface area contributed by atoms with Gasteiger partial charge >= 0.3 is 0 Å². The number of benzene rings is 2. The standard InChI is InChI=1S/C28H35NO4/c1-19(2)20(3)24-17-22(13-14-25(30)21-10-9-11-23(16-21)29(4)5)26(31-6)18-27(24)33-28-12-7-8-15-32-28/h9-11,13-14,16-18,20,28H,1,7-8,12,15H2,2-6H3/b14-13+. The van der Waals surface area contributed by atoms with Gasteiger partial charge in [0.15, 0.2) is 12.1 Å². The van der Waals surface area contributed by atoms with Gasteiger partial charge in [0.1, 0.15) is 11.5 Å². The molecular weight excluding hydrogens is 414 g/mol. The van der Waals surface area contributed by atoms with E-state index in [2.05, 4.69) is 13.5 Å². The molecule has 0 radical (unpaired) electrons. The zero-order valence-corrected chi connectivity index (χ0v) is 20.4. The minimum atomic E-state index is -0.258. The molecule has 0 bridgehead atoms. The Bertz CT molecular complexity index is 1020. The van der Waals surface area contributed by atoms with Crippen LogP contribution >= 0.6 is 0 Å². The molecule has 2 atom stereocenters. The summed E-state index contributed by atoms with van der Waals surface area (Å²) in [7, 11) is 5.53. The van der Waals surface area contributed by atoms with Crippen LogP contribution in [0.25, 0.3) is 6.08 Å². The Morgan fingerprint density at radius 3 is 2.64 bits per heavy atom. The van der Waals surface area contributed by atoms with Crippen molar-refractivity contribution in [2.75, 3.05) is 32.7 Å². The summed E-state index contributed by atoms with van der Waals surface area (Å²) in [4.78, 5) is 14.8. The predicted octanol–water partition coefficient (Wildman–Crippen LogP) is 6.24. The minimum Gasteiger partial charge on any atom is -0.496 e. The predicted molar refractivity (Wildman–Crippen MR) is 135 cm³/mol. The van der Waals surface area contributed by atoms with Gasteiger partial charge in [0.25, 0.3) is 0 Å². The van der Waals surface area contributed by atoms with Gasteiger partial charge in [-0.05, 0) is 50.1 Å². The maximum Gasteiger partial charge on any atom is 0.199 e. The minimum absolute atomic E-state index is 0.0637. The van der Waals surface area contributed by atoms with Gasteiger partial charge in [-0.15, -0.1) is 0 Å². The molecule has 0 N–H and O–H groups in total. The maximum absolute atomic E-state index is 12.8. The van der Waals surface area contributed by atoms with Crippen LogP contribution < -0.4 is 14.4 Å². The number of anilines is 1. The molecule has 1 fully saturated rings. The number of rotatable bonds is 9. The molecule has 0 amide bonds. The van der Waals surface area contributed by atoms with Crippen molar-refractivity contribution >= 4 is 17.5 Å². The van der Waals surface area contributed by atoms with Crippen LogP contribution in [-0.4, -0.2) is 39.9 Å². The molecule has 33 heavy (non-hydrogen) atoms. The summed E-state index contributed by atoms with van der Waals surface area (Å²) in [6, 6.07) is 11.5. The van der Waals surface area contributed by atoms with E-state index in [4.69, 9.17) is 14.2 Å². The van der Waals surface area contributed by atoms with Gasteiger partial charge < -0.3 is 19.1 Å². The molecule has 5 nitrogen and oxygen atoms in total. The molecule has 2 aromatic carbocycles. The number of hydrogen-bond donors (Lipinski definition) is 0. The molecule has 1 saturated heterocycles. The third kappa shape index (κ3) is 6.26. The molecule has 3 rings (SSSR count). The van der Waals surface area contributed by atoms with Crippen LogP contribution in [0.2, 0.25) is 0 Å². The van der Waals surface area contributed by atoms with E-state index >= 15 is 0 Å². The first-order chi connectivity index (χ1) is 15.8. The molecule has 176 valence electrons. The Balaban J connectivity index is 1.93. The molecule has 0 spiro atoms.